The van der Waals surface area contributed by atoms with Gasteiger partial charge in [-0.05, 0) is 37.1 Å². The fourth-order valence-corrected chi connectivity index (χ4v) is 2.86. The molecule has 126 valence electrons. The van der Waals surface area contributed by atoms with Crippen LogP contribution in [0.25, 0.3) is 5.69 Å². The van der Waals surface area contributed by atoms with Gasteiger partial charge in [-0.25, -0.2) is 4.57 Å². The lowest BCUT2D eigenvalue weighted by Gasteiger charge is -2.14. The normalized spacial score (nSPS) is 11.5. The molecule has 2 aromatic carbocycles. The molecule has 1 aromatic heterocycles. The number of para-hydroxylation sites is 1. The number of benzene rings is 2. The fourth-order valence-electron chi connectivity index (χ4n) is 2.86. The molecule has 1 N–H and O–H groups in total. The lowest BCUT2D eigenvalue weighted by molar-refractivity contribution is 0.433. The molecule has 1 heterocycles. The zero-order valence-electron chi connectivity index (χ0n) is 14.3. The van der Waals surface area contributed by atoms with Crippen LogP contribution in [0.2, 0.25) is 0 Å². The fraction of sp³-hybridized carbons (Fsp3) is 0.143. The third-order valence-electron chi connectivity index (χ3n) is 4.11. The van der Waals surface area contributed by atoms with E-state index in [1.54, 1.807) is 12.1 Å². The van der Waals surface area contributed by atoms with Crippen molar-refractivity contribution >= 4 is 5.71 Å². The maximum absolute atomic E-state index is 12.4. The van der Waals surface area contributed by atoms with Crippen LogP contribution in [0.5, 0.6) is 5.88 Å². The van der Waals surface area contributed by atoms with Gasteiger partial charge >= 0.3 is 0 Å². The van der Waals surface area contributed by atoms with Gasteiger partial charge in [0.25, 0.3) is 5.56 Å². The highest BCUT2D eigenvalue weighted by molar-refractivity contribution is 6.02. The Labute approximate surface area is 146 Å². The SMILES string of the molecule is CC(=NCc1ccccc1)c1c(C)cc(=O)n(-c2ccccc2)c1O. The first-order valence-electron chi connectivity index (χ1n) is 8.14. The highest BCUT2D eigenvalue weighted by Gasteiger charge is 2.16. The summed E-state index contributed by atoms with van der Waals surface area (Å²) in [6.07, 6.45) is 0. The summed E-state index contributed by atoms with van der Waals surface area (Å²) in [6, 6.07) is 20.6. The Morgan fingerprint density at radius 3 is 2.28 bits per heavy atom. The average Bonchev–Trinajstić information content (AvgIpc) is 2.61. The summed E-state index contributed by atoms with van der Waals surface area (Å²) in [5.74, 6) is -0.0782. The molecule has 0 radical (unpaired) electrons. The van der Waals surface area contributed by atoms with Gasteiger partial charge in [0.2, 0.25) is 5.88 Å². The van der Waals surface area contributed by atoms with Crippen LogP contribution in [0.3, 0.4) is 0 Å². The summed E-state index contributed by atoms with van der Waals surface area (Å²) in [5, 5.41) is 10.8. The molecular formula is C21H20N2O2. The van der Waals surface area contributed by atoms with Gasteiger partial charge < -0.3 is 5.11 Å². The van der Waals surface area contributed by atoms with E-state index >= 15 is 0 Å². The van der Waals surface area contributed by atoms with E-state index in [0.29, 0.717) is 29.1 Å². The summed E-state index contributed by atoms with van der Waals surface area (Å²) in [4.78, 5) is 17.0. The van der Waals surface area contributed by atoms with Crippen LogP contribution in [0, 0.1) is 6.92 Å². The van der Waals surface area contributed by atoms with E-state index in [9.17, 15) is 9.90 Å². The minimum absolute atomic E-state index is 0.0782. The molecule has 0 aliphatic heterocycles. The molecule has 0 aliphatic rings. The van der Waals surface area contributed by atoms with Gasteiger partial charge in [0.1, 0.15) is 0 Å². The molecule has 0 unspecified atom stereocenters. The highest BCUT2D eigenvalue weighted by atomic mass is 16.3. The molecule has 4 nitrogen and oxygen atoms in total. The Hall–Kier alpha value is -3.14. The predicted molar refractivity (Wildman–Crippen MR) is 101 cm³/mol. The van der Waals surface area contributed by atoms with Crippen LogP contribution in [-0.2, 0) is 6.54 Å². The lowest BCUT2D eigenvalue weighted by atomic mass is 10.1. The first kappa shape index (κ1) is 16.7. The predicted octanol–water partition coefficient (Wildman–Crippen LogP) is 3.86. The molecule has 0 saturated carbocycles. The van der Waals surface area contributed by atoms with E-state index in [1.807, 2.05) is 62.4 Å². The topological polar surface area (TPSA) is 54.6 Å². The number of rotatable bonds is 4. The average molecular weight is 332 g/mol. The number of aryl methyl sites for hydroxylation is 1. The molecule has 3 rings (SSSR count). The molecule has 0 bridgehead atoms. The second-order valence-electron chi connectivity index (χ2n) is 5.92. The Morgan fingerprint density at radius 1 is 1.04 bits per heavy atom. The summed E-state index contributed by atoms with van der Waals surface area (Å²) in [5.41, 5.74) is 3.46. The van der Waals surface area contributed by atoms with E-state index in [4.69, 9.17) is 0 Å². The molecule has 0 aliphatic carbocycles. The first-order valence-corrected chi connectivity index (χ1v) is 8.14. The van der Waals surface area contributed by atoms with Gasteiger partial charge in [-0.1, -0.05) is 48.5 Å². The van der Waals surface area contributed by atoms with E-state index in [1.165, 1.54) is 10.6 Å². The molecule has 0 fully saturated rings. The lowest BCUT2D eigenvalue weighted by Crippen LogP contribution is -2.20. The van der Waals surface area contributed by atoms with Crippen molar-refractivity contribution in [2.75, 3.05) is 0 Å². The smallest absolute Gasteiger partial charge is 0.258 e. The molecule has 0 atom stereocenters. The molecule has 0 spiro atoms. The van der Waals surface area contributed by atoms with Gasteiger partial charge in [-0.15, -0.1) is 0 Å². The second-order valence-corrected chi connectivity index (χ2v) is 5.92. The summed E-state index contributed by atoms with van der Waals surface area (Å²) in [7, 11) is 0. The minimum Gasteiger partial charge on any atom is -0.494 e. The van der Waals surface area contributed by atoms with Crippen molar-refractivity contribution in [3.8, 4) is 11.6 Å². The van der Waals surface area contributed by atoms with Crippen LogP contribution in [0.4, 0.5) is 0 Å². The Bertz CT molecular complexity index is 958. The minimum atomic E-state index is -0.263. The van der Waals surface area contributed by atoms with E-state index in [0.717, 1.165) is 5.56 Å². The zero-order chi connectivity index (χ0) is 17.8. The molecule has 0 amide bonds. The summed E-state index contributed by atoms with van der Waals surface area (Å²) < 4.78 is 1.31. The van der Waals surface area contributed by atoms with Crippen molar-refractivity contribution in [1.82, 2.24) is 4.57 Å². The highest BCUT2D eigenvalue weighted by Crippen LogP contribution is 2.23. The number of aromatic nitrogens is 1. The van der Waals surface area contributed by atoms with Crippen LogP contribution >= 0.6 is 0 Å². The number of aliphatic imine (C=N–C) groups is 1. The number of pyridine rings is 1. The van der Waals surface area contributed by atoms with E-state index in [2.05, 4.69) is 4.99 Å². The van der Waals surface area contributed by atoms with Gasteiger partial charge in [-0.2, -0.15) is 0 Å². The van der Waals surface area contributed by atoms with Crippen LogP contribution < -0.4 is 5.56 Å². The van der Waals surface area contributed by atoms with Gasteiger partial charge in [0, 0.05) is 11.8 Å². The van der Waals surface area contributed by atoms with Gasteiger partial charge in [0.15, 0.2) is 0 Å². The molecule has 0 saturated heterocycles. The Balaban J connectivity index is 2.06. The molecule has 3 aromatic rings. The van der Waals surface area contributed by atoms with E-state index < -0.39 is 0 Å². The van der Waals surface area contributed by atoms with Crippen LogP contribution in [-0.4, -0.2) is 15.4 Å². The van der Waals surface area contributed by atoms with Gasteiger partial charge in [-0.3, -0.25) is 9.79 Å². The molecule has 4 heteroatoms. The van der Waals surface area contributed by atoms with Crippen LogP contribution in [0.1, 0.15) is 23.6 Å². The Morgan fingerprint density at radius 2 is 1.64 bits per heavy atom. The van der Waals surface area contributed by atoms with Crippen LogP contribution in [0.15, 0.2) is 76.5 Å². The largest absolute Gasteiger partial charge is 0.494 e. The van der Waals surface area contributed by atoms with Crippen molar-refractivity contribution in [3.63, 3.8) is 0 Å². The second kappa shape index (κ2) is 7.18. The van der Waals surface area contributed by atoms with Crippen molar-refractivity contribution in [2.45, 2.75) is 20.4 Å². The van der Waals surface area contributed by atoms with Crippen molar-refractivity contribution in [2.24, 2.45) is 4.99 Å². The number of nitrogens with zero attached hydrogens (tertiary/aromatic N) is 2. The summed E-state index contributed by atoms with van der Waals surface area (Å²) in [6.45, 7) is 4.19. The summed E-state index contributed by atoms with van der Waals surface area (Å²) >= 11 is 0. The van der Waals surface area contributed by atoms with Crippen molar-refractivity contribution < 1.29 is 5.11 Å². The third kappa shape index (κ3) is 3.53. The standard InChI is InChI=1S/C21H20N2O2/c1-15-13-19(24)23(18-11-7-4-8-12-18)21(25)20(15)16(2)22-14-17-9-5-3-6-10-17/h3-13,25H,14H2,1-2H3. The number of hydrogen-bond acceptors (Lipinski definition) is 3. The maximum Gasteiger partial charge on any atom is 0.258 e. The van der Waals surface area contributed by atoms with Crippen molar-refractivity contribution in [1.29, 1.82) is 0 Å². The van der Waals surface area contributed by atoms with E-state index in [-0.39, 0.29) is 11.4 Å². The maximum atomic E-state index is 12.4. The first-order chi connectivity index (χ1) is 12.1. The quantitative estimate of drug-likeness (QED) is 0.738. The number of hydrogen-bond donors (Lipinski definition) is 1. The number of aromatic hydroxyl groups is 1. The molecular weight excluding hydrogens is 312 g/mol. The zero-order valence-corrected chi connectivity index (χ0v) is 14.3. The molecule has 25 heavy (non-hydrogen) atoms. The monoisotopic (exact) mass is 332 g/mol. The third-order valence-corrected chi connectivity index (χ3v) is 4.11. The Kier molecular flexibility index (Phi) is 4.80. The van der Waals surface area contributed by atoms with Crippen molar-refractivity contribution in [3.05, 3.63) is 93.8 Å². The van der Waals surface area contributed by atoms with Gasteiger partial charge in [0.05, 0.1) is 17.8 Å².